The molecule has 1 aromatic carbocycles. The lowest BCUT2D eigenvalue weighted by Gasteiger charge is -2.36. The van der Waals surface area contributed by atoms with Gasteiger partial charge in [0.25, 0.3) is 0 Å². The summed E-state index contributed by atoms with van der Waals surface area (Å²) < 4.78 is 0. The van der Waals surface area contributed by atoms with Gasteiger partial charge >= 0.3 is 0 Å². The third-order valence-corrected chi connectivity index (χ3v) is 5.62. The summed E-state index contributed by atoms with van der Waals surface area (Å²) in [4.78, 5) is 19.3. The van der Waals surface area contributed by atoms with Crippen molar-refractivity contribution in [1.29, 1.82) is 0 Å². The maximum atomic E-state index is 13.1. The fraction of sp³-hybridized carbons (Fsp3) is 0.318. The van der Waals surface area contributed by atoms with E-state index in [1.807, 2.05) is 54.5 Å². The first-order valence-electron chi connectivity index (χ1n) is 9.61. The van der Waals surface area contributed by atoms with Crippen molar-refractivity contribution in [2.75, 3.05) is 6.54 Å². The van der Waals surface area contributed by atoms with Gasteiger partial charge in [0.1, 0.15) is 0 Å². The molecule has 0 radical (unpaired) electrons. The van der Waals surface area contributed by atoms with E-state index >= 15 is 0 Å². The highest BCUT2D eigenvalue weighted by Gasteiger charge is 2.31. The average molecular weight is 395 g/mol. The molecule has 0 saturated carbocycles. The van der Waals surface area contributed by atoms with Crippen LogP contribution in [0.2, 0.25) is 5.02 Å². The minimum atomic E-state index is 0.00509. The largest absolute Gasteiger partial charge is 0.334 e. The zero-order valence-electron chi connectivity index (χ0n) is 15.9. The number of rotatable bonds is 4. The van der Waals surface area contributed by atoms with Crippen molar-refractivity contribution in [3.05, 3.63) is 70.8 Å². The number of aryl methyl sites for hydroxylation is 1. The van der Waals surface area contributed by atoms with Gasteiger partial charge in [0.15, 0.2) is 0 Å². The zero-order chi connectivity index (χ0) is 19.5. The highest BCUT2D eigenvalue weighted by molar-refractivity contribution is 6.30. The van der Waals surface area contributed by atoms with Crippen LogP contribution in [0.3, 0.4) is 0 Å². The van der Waals surface area contributed by atoms with E-state index in [0.29, 0.717) is 11.4 Å². The van der Waals surface area contributed by atoms with Crippen molar-refractivity contribution in [2.24, 2.45) is 0 Å². The molecule has 3 aromatic rings. The van der Waals surface area contributed by atoms with E-state index in [2.05, 4.69) is 15.2 Å². The Labute approximate surface area is 169 Å². The number of aromatic nitrogens is 3. The summed E-state index contributed by atoms with van der Waals surface area (Å²) in [6.45, 7) is 2.81. The number of carbonyl (C=O) groups excluding carboxylic acids is 1. The van der Waals surface area contributed by atoms with Gasteiger partial charge in [0.2, 0.25) is 5.91 Å². The molecule has 0 aliphatic carbocycles. The molecule has 28 heavy (non-hydrogen) atoms. The Bertz CT molecular complexity index is 984. The third kappa shape index (κ3) is 3.80. The van der Waals surface area contributed by atoms with Gasteiger partial charge in [-0.1, -0.05) is 23.7 Å². The lowest BCUT2D eigenvalue weighted by atomic mass is 9.93. The predicted molar refractivity (Wildman–Crippen MR) is 110 cm³/mol. The number of piperidine rings is 1. The second kappa shape index (κ2) is 8.15. The number of aromatic amines is 1. The molecule has 6 heteroatoms. The van der Waals surface area contributed by atoms with E-state index in [0.717, 1.165) is 53.8 Å². The molecule has 1 N–H and O–H groups in total. The molecule has 5 nitrogen and oxygen atoms in total. The summed E-state index contributed by atoms with van der Waals surface area (Å²) in [6, 6.07) is 9.53. The minimum Gasteiger partial charge on any atom is -0.334 e. The van der Waals surface area contributed by atoms with Crippen molar-refractivity contribution in [3.8, 4) is 11.1 Å². The van der Waals surface area contributed by atoms with Crippen LogP contribution in [-0.2, 0) is 11.2 Å². The number of nitrogens with zero attached hydrogens (tertiary/aromatic N) is 3. The van der Waals surface area contributed by atoms with Crippen molar-refractivity contribution >= 4 is 17.5 Å². The minimum absolute atomic E-state index is 0.00509. The standard InChI is InChI=1S/C22H23ClN4O/c1-15-13-24-9-8-18(15)19-14-25-26-22(19)20-7-2-3-10-27(20)21(28)12-16-5-4-6-17(23)11-16/h4-6,8-9,11,13-14,20H,2-3,7,10,12H2,1H3,(H,25,26)/t20-/m1/s1. The summed E-state index contributed by atoms with van der Waals surface area (Å²) in [5.74, 6) is 0.124. The molecular formula is C22H23ClN4O. The topological polar surface area (TPSA) is 61.9 Å². The number of H-pyrrole nitrogens is 1. The van der Waals surface area contributed by atoms with Gasteiger partial charge in [-0.25, -0.2) is 0 Å². The summed E-state index contributed by atoms with van der Waals surface area (Å²) in [6.07, 6.45) is 8.91. The number of benzene rings is 1. The lowest BCUT2D eigenvalue weighted by Crippen LogP contribution is -2.39. The summed E-state index contributed by atoms with van der Waals surface area (Å²) >= 11 is 6.08. The van der Waals surface area contributed by atoms with Crippen LogP contribution in [0.15, 0.2) is 48.9 Å². The van der Waals surface area contributed by atoms with E-state index in [4.69, 9.17) is 11.6 Å². The SMILES string of the molecule is Cc1cnccc1-c1cn[nH]c1[C@H]1CCCCN1C(=O)Cc1cccc(Cl)c1. The summed E-state index contributed by atoms with van der Waals surface area (Å²) in [5, 5.41) is 8.13. The Morgan fingerprint density at radius 1 is 1.25 bits per heavy atom. The molecule has 1 aliphatic rings. The second-order valence-electron chi connectivity index (χ2n) is 7.29. The van der Waals surface area contributed by atoms with Gasteiger partial charge in [0, 0.05) is 29.5 Å². The molecule has 0 bridgehead atoms. The zero-order valence-corrected chi connectivity index (χ0v) is 16.6. The van der Waals surface area contributed by atoms with Crippen molar-refractivity contribution < 1.29 is 4.79 Å². The molecule has 0 spiro atoms. The van der Waals surface area contributed by atoms with Gasteiger partial charge in [-0.2, -0.15) is 5.10 Å². The highest BCUT2D eigenvalue weighted by atomic mass is 35.5. The van der Waals surface area contributed by atoms with Crippen LogP contribution in [0.5, 0.6) is 0 Å². The maximum absolute atomic E-state index is 13.1. The Kier molecular flexibility index (Phi) is 5.44. The molecule has 1 atom stereocenters. The number of nitrogens with one attached hydrogen (secondary N) is 1. The monoisotopic (exact) mass is 394 g/mol. The quantitative estimate of drug-likeness (QED) is 0.695. The molecule has 0 unspecified atom stereocenters. The first-order chi connectivity index (χ1) is 13.6. The normalized spacial score (nSPS) is 16.9. The van der Waals surface area contributed by atoms with E-state index in [-0.39, 0.29) is 11.9 Å². The van der Waals surface area contributed by atoms with Crippen LogP contribution in [0.4, 0.5) is 0 Å². The Morgan fingerprint density at radius 3 is 2.96 bits per heavy atom. The van der Waals surface area contributed by atoms with Crippen molar-refractivity contribution in [1.82, 2.24) is 20.1 Å². The van der Waals surface area contributed by atoms with Crippen LogP contribution < -0.4 is 0 Å². The van der Waals surface area contributed by atoms with Gasteiger partial charge in [-0.15, -0.1) is 0 Å². The average Bonchev–Trinajstić information content (AvgIpc) is 3.18. The molecule has 1 amide bonds. The van der Waals surface area contributed by atoms with Gasteiger partial charge < -0.3 is 4.90 Å². The third-order valence-electron chi connectivity index (χ3n) is 5.38. The van der Waals surface area contributed by atoms with E-state index in [1.165, 1.54) is 0 Å². The molecule has 4 rings (SSSR count). The lowest BCUT2D eigenvalue weighted by molar-refractivity contribution is -0.134. The first kappa shape index (κ1) is 18.7. The van der Waals surface area contributed by atoms with Crippen LogP contribution in [0.25, 0.3) is 11.1 Å². The van der Waals surface area contributed by atoms with Gasteiger partial charge in [-0.3, -0.25) is 14.9 Å². The van der Waals surface area contributed by atoms with Crippen LogP contribution in [0, 0.1) is 6.92 Å². The number of carbonyl (C=O) groups is 1. The van der Waals surface area contributed by atoms with Gasteiger partial charge in [0.05, 0.1) is 24.4 Å². The maximum Gasteiger partial charge on any atom is 0.227 e. The fourth-order valence-corrected chi connectivity index (χ4v) is 4.21. The first-order valence-corrected chi connectivity index (χ1v) is 9.99. The molecule has 1 saturated heterocycles. The Morgan fingerprint density at radius 2 is 2.14 bits per heavy atom. The molecule has 1 fully saturated rings. The Hall–Kier alpha value is -2.66. The number of hydrogen-bond donors (Lipinski definition) is 1. The summed E-state index contributed by atoms with van der Waals surface area (Å²) in [5.41, 5.74) is 5.20. The smallest absolute Gasteiger partial charge is 0.227 e. The summed E-state index contributed by atoms with van der Waals surface area (Å²) in [7, 11) is 0. The van der Waals surface area contributed by atoms with E-state index in [9.17, 15) is 4.79 Å². The number of hydrogen-bond acceptors (Lipinski definition) is 3. The highest BCUT2D eigenvalue weighted by Crippen LogP contribution is 2.36. The van der Waals surface area contributed by atoms with E-state index < -0.39 is 0 Å². The number of likely N-dealkylation sites (tertiary alicyclic amines) is 1. The molecule has 1 aliphatic heterocycles. The van der Waals surface area contributed by atoms with Crippen molar-refractivity contribution in [2.45, 2.75) is 38.6 Å². The van der Waals surface area contributed by atoms with Crippen molar-refractivity contribution in [3.63, 3.8) is 0 Å². The number of pyridine rings is 1. The van der Waals surface area contributed by atoms with Crippen LogP contribution >= 0.6 is 11.6 Å². The number of amides is 1. The molecule has 3 heterocycles. The van der Waals surface area contributed by atoms with Crippen LogP contribution in [0.1, 0.15) is 42.1 Å². The fourth-order valence-electron chi connectivity index (χ4n) is 3.99. The molecule has 2 aromatic heterocycles. The van der Waals surface area contributed by atoms with Crippen LogP contribution in [-0.4, -0.2) is 32.5 Å². The van der Waals surface area contributed by atoms with Gasteiger partial charge in [-0.05, 0) is 61.1 Å². The predicted octanol–water partition coefficient (Wildman–Crippen LogP) is 4.73. The number of halogens is 1. The molecule has 144 valence electrons. The van der Waals surface area contributed by atoms with E-state index in [1.54, 1.807) is 6.20 Å². The Balaban J connectivity index is 1.63. The second-order valence-corrected chi connectivity index (χ2v) is 7.73. The molecular weight excluding hydrogens is 372 g/mol.